The molecule has 1 heterocycles. The van der Waals surface area contributed by atoms with Gasteiger partial charge in [-0.25, -0.2) is 0 Å². The summed E-state index contributed by atoms with van der Waals surface area (Å²) in [4.78, 5) is 18.5. The van der Waals surface area contributed by atoms with E-state index in [9.17, 15) is 9.90 Å². The molecule has 0 bridgehead atoms. The number of aromatic nitrogens is 2. The first-order chi connectivity index (χ1) is 8.49. The van der Waals surface area contributed by atoms with Gasteiger partial charge in [0, 0.05) is 5.92 Å². The number of hydrogen-bond donors (Lipinski definition) is 2. The van der Waals surface area contributed by atoms with Crippen molar-refractivity contribution in [2.45, 2.75) is 45.4 Å². The molecule has 1 aliphatic carbocycles. The molecule has 5 heteroatoms. The molecule has 0 radical (unpaired) electrons. The zero-order chi connectivity index (χ0) is 13.3. The fourth-order valence-electron chi connectivity index (χ4n) is 2.72. The van der Waals surface area contributed by atoms with E-state index in [4.69, 9.17) is 0 Å². The molecule has 0 aliphatic heterocycles. The highest BCUT2D eigenvalue weighted by atomic mass is 127. The van der Waals surface area contributed by atoms with Gasteiger partial charge >= 0.3 is 0 Å². The Morgan fingerprint density at radius 1 is 1.33 bits per heavy atom. The lowest BCUT2D eigenvalue weighted by Crippen LogP contribution is -2.22. The Morgan fingerprint density at radius 2 is 1.94 bits per heavy atom. The van der Waals surface area contributed by atoms with Crippen LogP contribution in [-0.2, 0) is 0 Å². The van der Waals surface area contributed by atoms with E-state index < -0.39 is 0 Å². The quantitative estimate of drug-likeness (QED) is 0.795. The van der Waals surface area contributed by atoms with Crippen LogP contribution in [0.4, 0.5) is 0 Å². The van der Waals surface area contributed by atoms with Crippen molar-refractivity contribution in [3.63, 3.8) is 0 Å². The Morgan fingerprint density at radius 3 is 2.44 bits per heavy atom. The van der Waals surface area contributed by atoms with Crippen LogP contribution in [0, 0.1) is 15.4 Å². The van der Waals surface area contributed by atoms with Crippen LogP contribution >= 0.6 is 22.6 Å². The third-order valence-corrected chi connectivity index (χ3v) is 4.94. The maximum Gasteiger partial charge on any atom is 0.268 e. The number of H-pyrrole nitrogens is 1. The molecule has 100 valence electrons. The van der Waals surface area contributed by atoms with Crippen LogP contribution in [0.3, 0.4) is 0 Å². The Balaban J connectivity index is 2.13. The number of aromatic hydroxyl groups is 1. The van der Waals surface area contributed by atoms with Crippen LogP contribution in [-0.4, -0.2) is 15.1 Å². The summed E-state index contributed by atoms with van der Waals surface area (Å²) in [5.74, 6) is 2.31. The minimum absolute atomic E-state index is 0.139. The van der Waals surface area contributed by atoms with E-state index in [1.807, 2.05) is 22.6 Å². The van der Waals surface area contributed by atoms with Gasteiger partial charge in [-0.05, 0) is 60.1 Å². The Kier molecular flexibility index (Phi) is 4.29. The smallest absolute Gasteiger partial charge is 0.268 e. The highest BCUT2D eigenvalue weighted by molar-refractivity contribution is 14.1. The van der Waals surface area contributed by atoms with Crippen molar-refractivity contribution in [1.82, 2.24) is 9.97 Å². The molecule has 0 aromatic carbocycles. The molecule has 18 heavy (non-hydrogen) atoms. The molecule has 0 spiro atoms. The summed E-state index contributed by atoms with van der Waals surface area (Å²) < 4.78 is 0.271. The lowest BCUT2D eigenvalue weighted by Gasteiger charge is -2.30. The van der Waals surface area contributed by atoms with E-state index in [2.05, 4.69) is 23.8 Å². The number of nitrogens with zero attached hydrogens (tertiary/aromatic N) is 1. The summed E-state index contributed by atoms with van der Waals surface area (Å²) in [6, 6.07) is 0. The van der Waals surface area contributed by atoms with Gasteiger partial charge in [0.25, 0.3) is 5.56 Å². The lowest BCUT2D eigenvalue weighted by molar-refractivity contribution is 0.253. The summed E-state index contributed by atoms with van der Waals surface area (Å²) >= 11 is 1.81. The topological polar surface area (TPSA) is 66.0 Å². The molecule has 1 aromatic rings. The average molecular weight is 362 g/mol. The minimum atomic E-state index is -0.232. The molecule has 2 rings (SSSR count). The number of hydrogen-bond acceptors (Lipinski definition) is 3. The molecule has 1 fully saturated rings. The zero-order valence-corrected chi connectivity index (χ0v) is 12.9. The largest absolute Gasteiger partial charge is 0.492 e. The Bertz CT molecular complexity index is 476. The third-order valence-electron chi connectivity index (χ3n) is 3.96. The molecular formula is C13H19IN2O2. The summed E-state index contributed by atoms with van der Waals surface area (Å²) in [7, 11) is 0. The highest BCUT2D eigenvalue weighted by Crippen LogP contribution is 2.37. The lowest BCUT2D eigenvalue weighted by atomic mass is 9.77. The second-order valence-corrected chi connectivity index (χ2v) is 6.52. The van der Waals surface area contributed by atoms with Crippen molar-refractivity contribution in [2.75, 3.05) is 0 Å². The standard InChI is InChI=1S/C13H19IN2O2/c1-7(2)8-3-5-9(6-4-8)11-15-12(17)10(14)13(18)16-11/h7-9H,3-6H2,1-2H3,(H2,15,16,17,18). The summed E-state index contributed by atoms with van der Waals surface area (Å²) in [6.07, 6.45) is 4.45. The van der Waals surface area contributed by atoms with Crippen LogP contribution in [0.1, 0.15) is 51.3 Å². The van der Waals surface area contributed by atoms with E-state index in [1.54, 1.807) is 0 Å². The molecule has 0 unspecified atom stereocenters. The van der Waals surface area contributed by atoms with Crippen molar-refractivity contribution in [1.29, 1.82) is 0 Å². The van der Waals surface area contributed by atoms with E-state index in [-0.39, 0.29) is 20.9 Å². The summed E-state index contributed by atoms with van der Waals surface area (Å²) in [5, 5.41) is 9.61. The maximum absolute atomic E-state index is 11.6. The van der Waals surface area contributed by atoms with Crippen molar-refractivity contribution >= 4 is 22.6 Å². The van der Waals surface area contributed by atoms with E-state index in [0.717, 1.165) is 24.7 Å². The van der Waals surface area contributed by atoms with Gasteiger partial charge in [-0.1, -0.05) is 13.8 Å². The number of aromatic amines is 1. The van der Waals surface area contributed by atoms with Crippen LogP contribution in [0.25, 0.3) is 0 Å². The van der Waals surface area contributed by atoms with E-state index in [0.29, 0.717) is 5.82 Å². The zero-order valence-electron chi connectivity index (χ0n) is 10.7. The van der Waals surface area contributed by atoms with Crippen LogP contribution in [0.2, 0.25) is 0 Å². The van der Waals surface area contributed by atoms with Gasteiger partial charge in [0.2, 0.25) is 5.88 Å². The van der Waals surface area contributed by atoms with Crippen molar-refractivity contribution in [2.24, 2.45) is 11.8 Å². The molecule has 0 saturated heterocycles. The van der Waals surface area contributed by atoms with Gasteiger partial charge in [0.05, 0.1) is 0 Å². The van der Waals surface area contributed by atoms with Gasteiger partial charge in [0.15, 0.2) is 0 Å². The minimum Gasteiger partial charge on any atom is -0.492 e. The van der Waals surface area contributed by atoms with Gasteiger partial charge in [-0.3, -0.25) is 4.79 Å². The van der Waals surface area contributed by atoms with Crippen LogP contribution in [0.5, 0.6) is 5.88 Å². The van der Waals surface area contributed by atoms with Gasteiger partial charge < -0.3 is 10.1 Å². The van der Waals surface area contributed by atoms with Gasteiger partial charge in [0.1, 0.15) is 9.39 Å². The fourth-order valence-corrected chi connectivity index (χ4v) is 2.97. The monoisotopic (exact) mass is 362 g/mol. The van der Waals surface area contributed by atoms with E-state index >= 15 is 0 Å². The predicted octanol–water partition coefficient (Wildman–Crippen LogP) is 3.01. The van der Waals surface area contributed by atoms with Crippen molar-refractivity contribution < 1.29 is 5.11 Å². The number of rotatable bonds is 2. The first-order valence-electron chi connectivity index (χ1n) is 6.47. The fraction of sp³-hybridized carbons (Fsp3) is 0.692. The maximum atomic E-state index is 11.6. The third kappa shape index (κ3) is 2.87. The molecule has 2 N–H and O–H groups in total. The van der Waals surface area contributed by atoms with Gasteiger partial charge in [-0.15, -0.1) is 0 Å². The first kappa shape index (κ1) is 13.8. The second kappa shape index (κ2) is 5.59. The highest BCUT2D eigenvalue weighted by Gasteiger charge is 2.26. The molecule has 0 amide bonds. The van der Waals surface area contributed by atoms with E-state index in [1.165, 1.54) is 12.8 Å². The molecule has 0 atom stereocenters. The Hall–Kier alpha value is -0.590. The van der Waals surface area contributed by atoms with Gasteiger partial charge in [-0.2, -0.15) is 4.98 Å². The summed E-state index contributed by atoms with van der Waals surface area (Å²) in [6.45, 7) is 4.53. The molecule has 4 nitrogen and oxygen atoms in total. The second-order valence-electron chi connectivity index (χ2n) is 5.44. The van der Waals surface area contributed by atoms with Crippen LogP contribution < -0.4 is 5.56 Å². The van der Waals surface area contributed by atoms with Crippen LogP contribution in [0.15, 0.2) is 4.79 Å². The molecule has 1 saturated carbocycles. The number of halogens is 1. The first-order valence-corrected chi connectivity index (χ1v) is 7.55. The summed E-state index contributed by atoms with van der Waals surface area (Å²) in [5.41, 5.74) is -0.232. The normalized spacial score (nSPS) is 24.4. The molecular weight excluding hydrogens is 343 g/mol. The molecule has 1 aliphatic rings. The average Bonchev–Trinajstić information content (AvgIpc) is 2.35. The predicted molar refractivity (Wildman–Crippen MR) is 78.8 cm³/mol. The molecule has 1 aromatic heterocycles. The van der Waals surface area contributed by atoms with Crippen molar-refractivity contribution in [3.8, 4) is 5.88 Å². The number of nitrogens with one attached hydrogen (secondary N) is 1. The Labute approximate surface area is 120 Å². The SMILES string of the molecule is CC(C)C1CCC(c2nc(O)c(I)c(=O)[nH]2)CC1. The van der Waals surface area contributed by atoms with Crippen molar-refractivity contribution in [3.05, 3.63) is 19.7 Å².